The van der Waals surface area contributed by atoms with E-state index in [4.69, 9.17) is 10.8 Å². The third-order valence-corrected chi connectivity index (χ3v) is 1.89. The summed E-state index contributed by atoms with van der Waals surface area (Å²) >= 11 is 0. The van der Waals surface area contributed by atoms with Crippen LogP contribution in [-0.4, -0.2) is 33.9 Å². The molecule has 0 radical (unpaired) electrons. The highest BCUT2D eigenvalue weighted by molar-refractivity contribution is 6.23. The largest absolute Gasteiger partial charge is 0.509 e. The first-order valence-electron chi connectivity index (χ1n) is 3.89. The molecule has 0 aliphatic heterocycles. The SMILES string of the molecule is C[C@H](N)C(=O)C1=C(O)C(O)CC1=O. The molecule has 1 aliphatic rings. The van der Waals surface area contributed by atoms with Crippen molar-refractivity contribution in [1.82, 2.24) is 0 Å². The summed E-state index contributed by atoms with van der Waals surface area (Å²) in [6.07, 6.45) is -1.48. The van der Waals surface area contributed by atoms with Crippen LogP contribution in [0.2, 0.25) is 0 Å². The molecule has 0 aromatic carbocycles. The normalized spacial score (nSPS) is 25.2. The van der Waals surface area contributed by atoms with Crippen molar-refractivity contribution in [2.45, 2.75) is 25.5 Å². The summed E-state index contributed by atoms with van der Waals surface area (Å²) in [5.41, 5.74) is 4.91. The second-order valence-electron chi connectivity index (χ2n) is 3.06. The number of aliphatic hydroxyl groups excluding tert-OH is 2. The second-order valence-corrected chi connectivity index (χ2v) is 3.06. The summed E-state index contributed by atoms with van der Waals surface area (Å²) in [6.45, 7) is 1.42. The molecule has 0 aromatic heterocycles. The third-order valence-electron chi connectivity index (χ3n) is 1.89. The Bertz CT molecular complexity index is 293. The predicted octanol–water partition coefficient (Wildman–Crippen LogP) is -0.952. The highest BCUT2D eigenvalue weighted by Crippen LogP contribution is 2.22. The van der Waals surface area contributed by atoms with Gasteiger partial charge in [0.05, 0.1) is 6.04 Å². The van der Waals surface area contributed by atoms with E-state index < -0.39 is 29.5 Å². The van der Waals surface area contributed by atoms with Crippen LogP contribution in [0, 0.1) is 0 Å². The fourth-order valence-electron chi connectivity index (χ4n) is 1.18. The molecule has 5 nitrogen and oxygen atoms in total. The van der Waals surface area contributed by atoms with Crippen molar-refractivity contribution in [3.8, 4) is 0 Å². The number of hydrogen-bond donors (Lipinski definition) is 3. The van der Waals surface area contributed by atoms with Gasteiger partial charge in [-0.25, -0.2) is 0 Å². The van der Waals surface area contributed by atoms with Gasteiger partial charge in [0.25, 0.3) is 0 Å². The number of carbonyl (C=O) groups is 2. The lowest BCUT2D eigenvalue weighted by atomic mass is 10.0. The standard InChI is InChI=1S/C8H11NO4/c1-3(9)7(12)6-4(10)2-5(11)8(6)13/h3,5,11,13H,2,9H2,1H3/t3-,5?/m0/s1. The highest BCUT2D eigenvalue weighted by Gasteiger charge is 2.35. The number of Topliss-reactive ketones (excluding diaryl/α,β-unsaturated/α-hetero) is 2. The van der Waals surface area contributed by atoms with Crippen molar-refractivity contribution in [1.29, 1.82) is 0 Å². The molecule has 72 valence electrons. The quantitative estimate of drug-likeness (QED) is 0.481. The van der Waals surface area contributed by atoms with E-state index in [9.17, 15) is 14.7 Å². The summed E-state index contributed by atoms with van der Waals surface area (Å²) < 4.78 is 0. The average Bonchev–Trinajstić information content (AvgIpc) is 2.26. The topological polar surface area (TPSA) is 101 Å². The molecule has 5 heteroatoms. The Morgan fingerprint density at radius 3 is 2.54 bits per heavy atom. The van der Waals surface area contributed by atoms with Gasteiger partial charge >= 0.3 is 0 Å². The van der Waals surface area contributed by atoms with Crippen LogP contribution in [0.25, 0.3) is 0 Å². The fraction of sp³-hybridized carbons (Fsp3) is 0.500. The molecule has 0 saturated carbocycles. The van der Waals surface area contributed by atoms with Crippen LogP contribution in [0.4, 0.5) is 0 Å². The molecule has 1 unspecified atom stereocenters. The Balaban J connectivity index is 3.02. The zero-order valence-corrected chi connectivity index (χ0v) is 7.15. The van der Waals surface area contributed by atoms with Crippen LogP contribution >= 0.6 is 0 Å². The Labute approximate surface area is 74.8 Å². The number of carbonyl (C=O) groups excluding carboxylic acids is 2. The van der Waals surface area contributed by atoms with E-state index >= 15 is 0 Å². The number of nitrogens with two attached hydrogens (primary N) is 1. The van der Waals surface area contributed by atoms with Crippen LogP contribution in [0.5, 0.6) is 0 Å². The van der Waals surface area contributed by atoms with Crippen LogP contribution in [0.3, 0.4) is 0 Å². The minimum atomic E-state index is -1.25. The summed E-state index contributed by atoms with van der Waals surface area (Å²) in [5, 5.41) is 18.2. The van der Waals surface area contributed by atoms with Crippen molar-refractivity contribution in [3.63, 3.8) is 0 Å². The van der Waals surface area contributed by atoms with Gasteiger partial charge in [0.15, 0.2) is 11.6 Å². The van der Waals surface area contributed by atoms with E-state index in [1.165, 1.54) is 6.92 Å². The molecule has 0 heterocycles. The molecule has 0 spiro atoms. The molecule has 1 rings (SSSR count). The first kappa shape index (κ1) is 9.88. The zero-order chi connectivity index (χ0) is 10.2. The molecule has 0 saturated heterocycles. The van der Waals surface area contributed by atoms with E-state index in [1.54, 1.807) is 0 Å². The average molecular weight is 185 g/mol. The molecule has 0 fully saturated rings. The summed E-state index contributed by atoms with van der Waals surface area (Å²) in [4.78, 5) is 22.3. The summed E-state index contributed by atoms with van der Waals surface area (Å²) in [6, 6.07) is -0.841. The van der Waals surface area contributed by atoms with Crippen LogP contribution in [0.15, 0.2) is 11.3 Å². The molecule has 0 amide bonds. The molecular weight excluding hydrogens is 174 g/mol. The molecular formula is C8H11NO4. The van der Waals surface area contributed by atoms with Gasteiger partial charge in [-0.1, -0.05) is 0 Å². The Kier molecular flexibility index (Phi) is 2.49. The van der Waals surface area contributed by atoms with Gasteiger partial charge in [-0.15, -0.1) is 0 Å². The zero-order valence-electron chi connectivity index (χ0n) is 7.15. The lowest BCUT2D eigenvalue weighted by Crippen LogP contribution is -2.30. The number of rotatable bonds is 2. The first-order valence-corrected chi connectivity index (χ1v) is 3.89. The third kappa shape index (κ3) is 1.61. The maximum Gasteiger partial charge on any atom is 0.186 e. The lowest BCUT2D eigenvalue weighted by molar-refractivity contribution is -0.121. The van der Waals surface area contributed by atoms with Crippen molar-refractivity contribution in [3.05, 3.63) is 11.3 Å². The van der Waals surface area contributed by atoms with E-state index in [-0.39, 0.29) is 12.0 Å². The van der Waals surface area contributed by atoms with E-state index in [0.29, 0.717) is 0 Å². The summed E-state index contributed by atoms with van der Waals surface area (Å²) in [7, 11) is 0. The van der Waals surface area contributed by atoms with Gasteiger partial charge in [-0.05, 0) is 6.92 Å². The number of hydrogen-bond acceptors (Lipinski definition) is 5. The van der Waals surface area contributed by atoms with Crippen LogP contribution < -0.4 is 5.73 Å². The van der Waals surface area contributed by atoms with Crippen molar-refractivity contribution >= 4 is 11.6 Å². The van der Waals surface area contributed by atoms with Gasteiger partial charge < -0.3 is 15.9 Å². The van der Waals surface area contributed by atoms with Gasteiger partial charge in [0.2, 0.25) is 0 Å². The molecule has 1 aliphatic carbocycles. The molecule has 4 N–H and O–H groups in total. The number of aliphatic hydroxyl groups is 2. The van der Waals surface area contributed by atoms with E-state index in [2.05, 4.69) is 0 Å². The Hall–Kier alpha value is -1.20. The van der Waals surface area contributed by atoms with Crippen molar-refractivity contribution in [2.24, 2.45) is 5.73 Å². The van der Waals surface area contributed by atoms with Crippen molar-refractivity contribution < 1.29 is 19.8 Å². The van der Waals surface area contributed by atoms with Gasteiger partial charge in [0, 0.05) is 6.42 Å². The predicted molar refractivity (Wildman–Crippen MR) is 43.9 cm³/mol. The van der Waals surface area contributed by atoms with Crippen molar-refractivity contribution in [2.75, 3.05) is 0 Å². The summed E-state index contributed by atoms with van der Waals surface area (Å²) in [5.74, 6) is -1.72. The molecule has 2 atom stereocenters. The van der Waals surface area contributed by atoms with Gasteiger partial charge in [-0.2, -0.15) is 0 Å². The maximum absolute atomic E-state index is 11.2. The van der Waals surface area contributed by atoms with E-state index in [0.717, 1.165) is 0 Å². The van der Waals surface area contributed by atoms with Gasteiger partial charge in [0.1, 0.15) is 17.4 Å². The first-order chi connectivity index (χ1) is 5.95. The number of ketones is 2. The highest BCUT2D eigenvalue weighted by atomic mass is 16.3. The molecule has 0 bridgehead atoms. The maximum atomic E-state index is 11.2. The Morgan fingerprint density at radius 1 is 1.69 bits per heavy atom. The monoisotopic (exact) mass is 185 g/mol. The lowest BCUT2D eigenvalue weighted by Gasteiger charge is -2.04. The van der Waals surface area contributed by atoms with E-state index in [1.807, 2.05) is 0 Å². The van der Waals surface area contributed by atoms with Crippen LogP contribution in [-0.2, 0) is 9.59 Å². The second kappa shape index (κ2) is 3.27. The smallest absolute Gasteiger partial charge is 0.186 e. The minimum absolute atomic E-state index is 0.236. The minimum Gasteiger partial charge on any atom is -0.509 e. The Morgan fingerprint density at radius 2 is 2.23 bits per heavy atom. The van der Waals surface area contributed by atoms with Crippen LogP contribution in [0.1, 0.15) is 13.3 Å². The molecule has 0 aromatic rings. The fourth-order valence-corrected chi connectivity index (χ4v) is 1.18. The van der Waals surface area contributed by atoms with Gasteiger partial charge in [-0.3, -0.25) is 9.59 Å². The molecule has 13 heavy (non-hydrogen) atoms.